The first-order valence-corrected chi connectivity index (χ1v) is 8.32. The number of hydrogen-bond acceptors (Lipinski definition) is 4. The average molecular weight is 297 g/mol. The molecule has 1 unspecified atom stereocenters. The molecule has 0 amide bonds. The zero-order chi connectivity index (χ0) is 14.8. The van der Waals surface area contributed by atoms with E-state index in [0.29, 0.717) is 11.4 Å². The van der Waals surface area contributed by atoms with Crippen molar-refractivity contribution in [2.45, 2.75) is 17.9 Å². The van der Waals surface area contributed by atoms with Crippen LogP contribution >= 0.6 is 0 Å². The first-order valence-electron chi connectivity index (χ1n) is 6.84. The van der Waals surface area contributed by atoms with Crippen LogP contribution in [0.3, 0.4) is 0 Å². The standard InChI is InChI=1S/C14H23N3O2S/c1-12-6-4-5-7-14(12)20(18,19)15-10-13-11-16(2)8-9-17(13)3/h4-7,13,15H,8-11H2,1-3H3. The molecule has 1 heterocycles. The van der Waals surface area contributed by atoms with Crippen molar-refractivity contribution in [3.63, 3.8) is 0 Å². The Morgan fingerprint density at radius 3 is 2.65 bits per heavy atom. The number of sulfonamides is 1. The van der Waals surface area contributed by atoms with Gasteiger partial charge in [-0.15, -0.1) is 0 Å². The van der Waals surface area contributed by atoms with E-state index in [2.05, 4.69) is 21.6 Å². The van der Waals surface area contributed by atoms with E-state index < -0.39 is 10.0 Å². The highest BCUT2D eigenvalue weighted by molar-refractivity contribution is 7.89. The monoisotopic (exact) mass is 297 g/mol. The van der Waals surface area contributed by atoms with Gasteiger partial charge >= 0.3 is 0 Å². The minimum absolute atomic E-state index is 0.215. The quantitative estimate of drug-likeness (QED) is 0.880. The highest BCUT2D eigenvalue weighted by Crippen LogP contribution is 2.14. The van der Waals surface area contributed by atoms with E-state index in [0.717, 1.165) is 25.2 Å². The Bertz CT molecular complexity index is 559. The molecular weight excluding hydrogens is 274 g/mol. The van der Waals surface area contributed by atoms with E-state index in [1.807, 2.05) is 26.1 Å². The van der Waals surface area contributed by atoms with E-state index >= 15 is 0 Å². The highest BCUT2D eigenvalue weighted by atomic mass is 32.2. The molecule has 1 aromatic rings. The molecule has 1 aromatic carbocycles. The Hall–Kier alpha value is -0.950. The largest absolute Gasteiger partial charge is 0.303 e. The van der Waals surface area contributed by atoms with Crippen molar-refractivity contribution < 1.29 is 8.42 Å². The first-order chi connectivity index (χ1) is 9.40. The van der Waals surface area contributed by atoms with Gasteiger partial charge in [0.15, 0.2) is 0 Å². The van der Waals surface area contributed by atoms with Gasteiger partial charge in [-0.05, 0) is 32.6 Å². The van der Waals surface area contributed by atoms with Crippen molar-refractivity contribution in [2.75, 3.05) is 40.3 Å². The number of aryl methyl sites for hydroxylation is 1. The maximum atomic E-state index is 12.3. The lowest BCUT2D eigenvalue weighted by Crippen LogP contribution is -2.54. The highest BCUT2D eigenvalue weighted by Gasteiger charge is 2.24. The molecule has 0 saturated carbocycles. The summed E-state index contributed by atoms with van der Waals surface area (Å²) in [6, 6.07) is 7.27. The minimum atomic E-state index is -3.43. The predicted molar refractivity (Wildman–Crippen MR) is 80.3 cm³/mol. The molecule has 1 aliphatic heterocycles. The van der Waals surface area contributed by atoms with Crippen LogP contribution in [0.25, 0.3) is 0 Å². The van der Waals surface area contributed by atoms with Crippen LogP contribution in [0.1, 0.15) is 5.56 Å². The smallest absolute Gasteiger partial charge is 0.240 e. The lowest BCUT2D eigenvalue weighted by molar-refractivity contribution is 0.117. The van der Waals surface area contributed by atoms with E-state index in [9.17, 15) is 8.42 Å². The molecule has 1 atom stereocenters. The Morgan fingerprint density at radius 2 is 1.95 bits per heavy atom. The molecule has 20 heavy (non-hydrogen) atoms. The number of likely N-dealkylation sites (N-methyl/N-ethyl adjacent to an activating group) is 2. The molecule has 2 rings (SSSR count). The molecule has 1 aliphatic rings. The van der Waals surface area contributed by atoms with Crippen LogP contribution in [0.15, 0.2) is 29.2 Å². The maximum Gasteiger partial charge on any atom is 0.240 e. The Balaban J connectivity index is 2.04. The third kappa shape index (κ3) is 3.58. The zero-order valence-electron chi connectivity index (χ0n) is 12.3. The third-order valence-corrected chi connectivity index (χ3v) is 5.46. The van der Waals surface area contributed by atoms with E-state index in [4.69, 9.17) is 0 Å². The van der Waals surface area contributed by atoms with Crippen LogP contribution in [0, 0.1) is 6.92 Å². The molecule has 5 nitrogen and oxygen atoms in total. The number of piperazine rings is 1. The summed E-state index contributed by atoms with van der Waals surface area (Å²) in [7, 11) is 0.680. The van der Waals surface area contributed by atoms with Crippen LogP contribution < -0.4 is 4.72 Å². The average Bonchev–Trinajstić information content (AvgIpc) is 2.40. The van der Waals surface area contributed by atoms with Crippen LogP contribution in [0.5, 0.6) is 0 Å². The normalized spacial score (nSPS) is 22.1. The topological polar surface area (TPSA) is 52.7 Å². The second-order valence-electron chi connectivity index (χ2n) is 5.51. The van der Waals surface area contributed by atoms with Gasteiger partial charge in [0.1, 0.15) is 0 Å². The third-order valence-electron chi connectivity index (χ3n) is 3.87. The fourth-order valence-electron chi connectivity index (χ4n) is 2.46. The summed E-state index contributed by atoms with van der Waals surface area (Å²) in [5.74, 6) is 0. The second kappa shape index (κ2) is 6.22. The van der Waals surface area contributed by atoms with Gasteiger partial charge in [-0.1, -0.05) is 18.2 Å². The lowest BCUT2D eigenvalue weighted by atomic mass is 10.2. The van der Waals surface area contributed by atoms with Crippen molar-refractivity contribution in [1.82, 2.24) is 14.5 Å². The van der Waals surface area contributed by atoms with Gasteiger partial charge in [-0.25, -0.2) is 13.1 Å². The lowest BCUT2D eigenvalue weighted by Gasteiger charge is -2.37. The molecule has 1 N–H and O–H groups in total. The second-order valence-corrected chi connectivity index (χ2v) is 7.25. The summed E-state index contributed by atoms with van der Waals surface area (Å²) in [5, 5.41) is 0. The van der Waals surface area contributed by atoms with Gasteiger partial charge < -0.3 is 4.90 Å². The van der Waals surface area contributed by atoms with Crippen LogP contribution in [0.2, 0.25) is 0 Å². The van der Waals surface area contributed by atoms with Gasteiger partial charge in [-0.3, -0.25) is 4.90 Å². The molecular formula is C14H23N3O2S. The number of rotatable bonds is 4. The van der Waals surface area contributed by atoms with E-state index in [1.54, 1.807) is 12.1 Å². The van der Waals surface area contributed by atoms with Crippen molar-refractivity contribution in [3.8, 4) is 0 Å². The van der Waals surface area contributed by atoms with Crippen molar-refractivity contribution in [1.29, 1.82) is 0 Å². The summed E-state index contributed by atoms with van der Waals surface area (Å²) in [4.78, 5) is 4.81. The molecule has 0 aromatic heterocycles. The SMILES string of the molecule is Cc1ccccc1S(=O)(=O)NCC1CN(C)CCN1C. The molecule has 0 radical (unpaired) electrons. The number of benzene rings is 1. The predicted octanol–water partition coefficient (Wildman–Crippen LogP) is 0.519. The molecule has 0 spiro atoms. The van der Waals surface area contributed by atoms with Crippen molar-refractivity contribution in [2.24, 2.45) is 0 Å². The maximum absolute atomic E-state index is 12.3. The summed E-state index contributed by atoms with van der Waals surface area (Å²) in [6.07, 6.45) is 0. The molecule has 0 aliphatic carbocycles. The number of hydrogen-bond donors (Lipinski definition) is 1. The summed E-state index contributed by atoms with van der Waals surface area (Å²) in [5.41, 5.74) is 0.772. The van der Waals surface area contributed by atoms with Gasteiger partial charge in [0.2, 0.25) is 10.0 Å². The number of nitrogens with zero attached hydrogens (tertiary/aromatic N) is 2. The van der Waals surface area contributed by atoms with Gasteiger partial charge in [0.05, 0.1) is 4.90 Å². The van der Waals surface area contributed by atoms with Gasteiger partial charge in [-0.2, -0.15) is 0 Å². The van der Waals surface area contributed by atoms with E-state index in [1.165, 1.54) is 0 Å². The van der Waals surface area contributed by atoms with Crippen LogP contribution in [0.4, 0.5) is 0 Å². The van der Waals surface area contributed by atoms with Crippen LogP contribution in [-0.4, -0.2) is 64.5 Å². The van der Waals surface area contributed by atoms with Gasteiger partial charge in [0.25, 0.3) is 0 Å². The summed E-state index contributed by atoms with van der Waals surface area (Å²) >= 11 is 0. The molecule has 6 heteroatoms. The molecule has 1 saturated heterocycles. The minimum Gasteiger partial charge on any atom is -0.303 e. The molecule has 0 bridgehead atoms. The number of nitrogens with one attached hydrogen (secondary N) is 1. The van der Waals surface area contributed by atoms with Crippen molar-refractivity contribution >= 4 is 10.0 Å². The zero-order valence-corrected chi connectivity index (χ0v) is 13.2. The molecule has 112 valence electrons. The summed E-state index contributed by atoms with van der Waals surface area (Å²) in [6.45, 7) is 5.13. The fraction of sp³-hybridized carbons (Fsp3) is 0.571. The van der Waals surface area contributed by atoms with E-state index in [-0.39, 0.29) is 6.04 Å². The molecule has 1 fully saturated rings. The fourth-order valence-corrected chi connectivity index (χ4v) is 3.78. The first kappa shape index (κ1) is 15.4. The Kier molecular flexibility index (Phi) is 4.80. The Labute approximate surface area is 121 Å². The summed E-state index contributed by atoms with van der Waals surface area (Å²) < 4.78 is 27.4. The van der Waals surface area contributed by atoms with Gasteiger partial charge in [0, 0.05) is 32.2 Å². The van der Waals surface area contributed by atoms with Crippen molar-refractivity contribution in [3.05, 3.63) is 29.8 Å². The van der Waals surface area contributed by atoms with Crippen LogP contribution in [-0.2, 0) is 10.0 Å². The Morgan fingerprint density at radius 1 is 1.25 bits per heavy atom.